The molecule has 0 radical (unpaired) electrons. The van der Waals surface area contributed by atoms with Gasteiger partial charge in [0.05, 0.1) is 11.3 Å². The fraction of sp³-hybridized carbons (Fsp3) is 0.208. The molecule has 0 aliphatic carbocycles. The highest BCUT2D eigenvalue weighted by atomic mass is 32.2. The Hall–Kier alpha value is -3.60. The molecule has 0 aromatic heterocycles. The van der Waals surface area contributed by atoms with E-state index in [1.54, 1.807) is 19.9 Å². The first kappa shape index (κ1) is 26.0. The maximum Gasteiger partial charge on any atom is 0.416 e. The zero-order valence-corrected chi connectivity index (χ0v) is 19.5. The molecule has 11 heteroatoms. The predicted molar refractivity (Wildman–Crippen MR) is 122 cm³/mol. The number of halogens is 4. The molecule has 186 valence electrons. The lowest BCUT2D eigenvalue weighted by atomic mass is 10.2. The van der Waals surface area contributed by atoms with Gasteiger partial charge in [0.15, 0.2) is 0 Å². The molecule has 0 bridgehead atoms. The quantitative estimate of drug-likeness (QED) is 0.310. The van der Waals surface area contributed by atoms with E-state index in [1.165, 1.54) is 47.4 Å². The molecule has 0 saturated heterocycles. The molecule has 0 aliphatic rings. The second-order valence-electron chi connectivity index (χ2n) is 7.84. The summed E-state index contributed by atoms with van der Waals surface area (Å²) in [7, 11) is -4.51. The van der Waals surface area contributed by atoms with Crippen LogP contribution in [0.15, 0.2) is 77.7 Å². The van der Waals surface area contributed by atoms with Crippen LogP contribution in [0.3, 0.4) is 0 Å². The maximum absolute atomic E-state index is 13.9. The van der Waals surface area contributed by atoms with E-state index in [-0.39, 0.29) is 24.0 Å². The normalized spacial score (nSPS) is 11.9. The van der Waals surface area contributed by atoms with E-state index in [1.807, 2.05) is 0 Å². The summed E-state index contributed by atoms with van der Waals surface area (Å²) in [6.07, 6.45) is -4.70. The molecular formula is C24H22F4N2O4S. The first-order valence-electron chi connectivity index (χ1n) is 10.4. The summed E-state index contributed by atoms with van der Waals surface area (Å²) < 4.78 is 82.4. The van der Waals surface area contributed by atoms with Crippen LogP contribution in [0, 0.1) is 5.82 Å². The lowest BCUT2D eigenvalue weighted by Crippen LogP contribution is -2.39. The highest BCUT2D eigenvalue weighted by molar-refractivity contribution is 7.87. The van der Waals surface area contributed by atoms with Gasteiger partial charge in [-0.25, -0.2) is 9.18 Å². The van der Waals surface area contributed by atoms with Gasteiger partial charge in [-0.15, -0.1) is 0 Å². The van der Waals surface area contributed by atoms with Gasteiger partial charge in [-0.1, -0.05) is 30.3 Å². The van der Waals surface area contributed by atoms with Crippen LogP contribution in [0.1, 0.15) is 25.0 Å². The monoisotopic (exact) mass is 510 g/mol. The molecule has 1 N–H and O–H groups in total. The standard InChI is InChI=1S/C24H22F4N2O4S/c1-16(2)30(23(31)29-22-9-4-3-8-21(22)25)15-17-10-12-19(13-11-17)34-35(32,33)20-7-5-6-18(14-20)24(26,27)28/h3-14,16H,15H2,1-2H3,(H,29,31). The van der Waals surface area contributed by atoms with E-state index in [9.17, 15) is 30.8 Å². The molecule has 3 aromatic carbocycles. The number of rotatable bonds is 7. The molecule has 0 heterocycles. The zero-order chi connectivity index (χ0) is 25.8. The largest absolute Gasteiger partial charge is 0.416 e. The Morgan fingerprint density at radius 2 is 1.66 bits per heavy atom. The van der Waals surface area contributed by atoms with Gasteiger partial charge in [0.25, 0.3) is 0 Å². The number of benzene rings is 3. The molecule has 3 rings (SSSR count). The Kier molecular flexibility index (Phi) is 7.69. The summed E-state index contributed by atoms with van der Waals surface area (Å²) in [5, 5.41) is 2.52. The van der Waals surface area contributed by atoms with Crippen molar-refractivity contribution in [1.82, 2.24) is 4.90 Å². The molecule has 35 heavy (non-hydrogen) atoms. The summed E-state index contributed by atoms with van der Waals surface area (Å²) in [6.45, 7) is 3.68. The minimum Gasteiger partial charge on any atom is -0.379 e. The van der Waals surface area contributed by atoms with Crippen LogP contribution < -0.4 is 9.50 Å². The topological polar surface area (TPSA) is 75.7 Å². The predicted octanol–water partition coefficient (Wildman–Crippen LogP) is 6.05. The Labute approximate surface area is 200 Å². The first-order valence-corrected chi connectivity index (χ1v) is 11.8. The summed E-state index contributed by atoms with van der Waals surface area (Å²) in [5.74, 6) is -0.689. The molecule has 3 aromatic rings. The number of nitrogens with zero attached hydrogens (tertiary/aromatic N) is 1. The van der Waals surface area contributed by atoms with Crippen LogP contribution >= 0.6 is 0 Å². The minimum atomic E-state index is -4.70. The Bertz CT molecular complexity index is 1290. The van der Waals surface area contributed by atoms with Gasteiger partial charge in [-0.3, -0.25) is 0 Å². The number of alkyl halides is 3. The molecule has 0 fully saturated rings. The van der Waals surface area contributed by atoms with Gasteiger partial charge in [-0.05, 0) is 61.9 Å². The van der Waals surface area contributed by atoms with Gasteiger partial charge in [-0.2, -0.15) is 21.6 Å². The van der Waals surface area contributed by atoms with Crippen LogP contribution in [0.2, 0.25) is 0 Å². The second kappa shape index (κ2) is 10.3. The van der Waals surface area contributed by atoms with E-state index in [0.29, 0.717) is 11.6 Å². The van der Waals surface area contributed by atoms with Crippen molar-refractivity contribution in [2.45, 2.75) is 37.5 Å². The van der Waals surface area contributed by atoms with Crippen LogP contribution in [-0.2, 0) is 22.8 Å². The molecule has 6 nitrogen and oxygen atoms in total. The highest BCUT2D eigenvalue weighted by Crippen LogP contribution is 2.31. The van der Waals surface area contributed by atoms with Crippen molar-refractivity contribution in [1.29, 1.82) is 0 Å². The summed E-state index contributed by atoms with van der Waals surface area (Å²) in [5.41, 5.74) is -0.460. The van der Waals surface area contributed by atoms with Crippen molar-refractivity contribution >= 4 is 21.8 Å². The molecule has 2 amide bonds. The van der Waals surface area contributed by atoms with Crippen molar-refractivity contribution in [2.24, 2.45) is 0 Å². The Morgan fingerprint density at radius 3 is 2.26 bits per heavy atom. The number of para-hydroxylation sites is 1. The van der Waals surface area contributed by atoms with E-state index >= 15 is 0 Å². The third-order valence-corrected chi connectivity index (χ3v) is 6.18. The van der Waals surface area contributed by atoms with Crippen molar-refractivity contribution in [3.05, 3.63) is 89.7 Å². The van der Waals surface area contributed by atoms with Gasteiger partial charge >= 0.3 is 22.3 Å². The lowest BCUT2D eigenvalue weighted by Gasteiger charge is -2.27. The van der Waals surface area contributed by atoms with Crippen molar-refractivity contribution in [3.8, 4) is 5.75 Å². The van der Waals surface area contributed by atoms with Crippen molar-refractivity contribution in [3.63, 3.8) is 0 Å². The third-order valence-electron chi connectivity index (χ3n) is 4.93. The van der Waals surface area contributed by atoms with E-state index in [4.69, 9.17) is 4.18 Å². The lowest BCUT2D eigenvalue weighted by molar-refractivity contribution is -0.137. The maximum atomic E-state index is 13.9. The molecule has 0 aliphatic heterocycles. The van der Waals surface area contributed by atoms with Gasteiger partial charge < -0.3 is 14.4 Å². The Balaban J connectivity index is 1.72. The minimum absolute atomic E-state index is 0.0340. The Morgan fingerprint density at radius 1 is 1.00 bits per heavy atom. The van der Waals surface area contributed by atoms with E-state index in [2.05, 4.69) is 5.32 Å². The number of amides is 2. The zero-order valence-electron chi connectivity index (χ0n) is 18.7. The number of carbonyl (C=O) groups is 1. The fourth-order valence-corrected chi connectivity index (χ4v) is 4.07. The SMILES string of the molecule is CC(C)N(Cc1ccc(OS(=O)(=O)c2cccc(C(F)(F)F)c2)cc1)C(=O)Nc1ccccc1F. The van der Waals surface area contributed by atoms with Crippen LogP contribution in [0.5, 0.6) is 5.75 Å². The smallest absolute Gasteiger partial charge is 0.379 e. The number of hydrogen-bond donors (Lipinski definition) is 1. The number of carbonyl (C=O) groups excluding carboxylic acids is 1. The van der Waals surface area contributed by atoms with E-state index in [0.717, 1.165) is 18.2 Å². The van der Waals surface area contributed by atoms with Gasteiger partial charge in [0.2, 0.25) is 0 Å². The molecule has 0 spiro atoms. The van der Waals surface area contributed by atoms with Crippen LogP contribution in [0.4, 0.5) is 28.0 Å². The average molecular weight is 511 g/mol. The highest BCUT2D eigenvalue weighted by Gasteiger charge is 2.32. The first-order chi connectivity index (χ1) is 16.4. The van der Waals surface area contributed by atoms with Gasteiger partial charge in [0.1, 0.15) is 16.5 Å². The van der Waals surface area contributed by atoms with E-state index < -0.39 is 38.6 Å². The third kappa shape index (κ3) is 6.72. The summed E-state index contributed by atoms with van der Waals surface area (Å²) >= 11 is 0. The van der Waals surface area contributed by atoms with Crippen molar-refractivity contribution < 1.29 is 35.0 Å². The number of anilines is 1. The molecular weight excluding hydrogens is 488 g/mol. The molecule has 0 atom stereocenters. The summed E-state index contributed by atoms with van der Waals surface area (Å²) in [4.78, 5) is 13.5. The second-order valence-corrected chi connectivity index (χ2v) is 9.38. The summed E-state index contributed by atoms with van der Waals surface area (Å²) in [6, 6.07) is 13.9. The average Bonchev–Trinajstić information content (AvgIpc) is 2.79. The number of nitrogens with one attached hydrogen (secondary N) is 1. The molecule has 0 saturated carbocycles. The van der Waals surface area contributed by atoms with Gasteiger partial charge in [0, 0.05) is 12.6 Å². The number of urea groups is 1. The van der Waals surface area contributed by atoms with Crippen molar-refractivity contribution in [2.75, 3.05) is 5.32 Å². The van der Waals surface area contributed by atoms with Crippen LogP contribution in [0.25, 0.3) is 0 Å². The number of hydrogen-bond acceptors (Lipinski definition) is 4. The molecule has 0 unspecified atom stereocenters. The van der Waals surface area contributed by atoms with Crippen LogP contribution in [-0.4, -0.2) is 25.4 Å². The fourth-order valence-electron chi connectivity index (χ4n) is 3.09.